The molecule has 138 valence electrons. The monoisotopic (exact) mass is 379 g/mol. The SMILES string of the molecule is COc1ccc([N+](=O)[O-])cc1NC(=O)CCNS(=O)(=O)c1ccccc1. The Hall–Kier alpha value is -2.98. The lowest BCUT2D eigenvalue weighted by Gasteiger charge is -2.10. The zero-order chi connectivity index (χ0) is 19.2. The first-order valence-corrected chi connectivity index (χ1v) is 8.99. The average molecular weight is 379 g/mol. The number of carbonyl (C=O) groups excluding carboxylic acids is 1. The second kappa shape index (κ2) is 8.41. The first kappa shape index (κ1) is 19.3. The van der Waals surface area contributed by atoms with E-state index in [1.54, 1.807) is 18.2 Å². The molecule has 0 aliphatic carbocycles. The summed E-state index contributed by atoms with van der Waals surface area (Å²) in [4.78, 5) is 22.3. The van der Waals surface area contributed by atoms with Gasteiger partial charge >= 0.3 is 0 Å². The molecule has 0 spiro atoms. The number of carbonyl (C=O) groups is 1. The summed E-state index contributed by atoms with van der Waals surface area (Å²) in [7, 11) is -2.34. The van der Waals surface area contributed by atoms with Crippen molar-refractivity contribution in [3.8, 4) is 5.75 Å². The quantitative estimate of drug-likeness (QED) is 0.533. The molecule has 0 unspecified atom stereocenters. The lowest BCUT2D eigenvalue weighted by Crippen LogP contribution is -2.27. The third-order valence-corrected chi connectivity index (χ3v) is 4.84. The minimum atomic E-state index is -3.70. The molecule has 1 amide bonds. The largest absolute Gasteiger partial charge is 0.495 e. The number of nitrogens with zero attached hydrogens (tertiary/aromatic N) is 1. The second-order valence-electron chi connectivity index (χ2n) is 5.15. The van der Waals surface area contributed by atoms with Gasteiger partial charge in [-0.05, 0) is 18.2 Å². The van der Waals surface area contributed by atoms with E-state index in [9.17, 15) is 23.3 Å². The van der Waals surface area contributed by atoms with E-state index in [4.69, 9.17) is 4.74 Å². The molecular formula is C16H17N3O6S. The van der Waals surface area contributed by atoms with E-state index >= 15 is 0 Å². The van der Waals surface area contributed by atoms with E-state index in [0.717, 1.165) is 0 Å². The maximum absolute atomic E-state index is 12.1. The molecule has 0 bridgehead atoms. The normalized spacial score (nSPS) is 11.0. The summed E-state index contributed by atoms with van der Waals surface area (Å²) in [6, 6.07) is 11.6. The number of hydrogen-bond donors (Lipinski definition) is 2. The topological polar surface area (TPSA) is 128 Å². The number of ether oxygens (including phenoxy) is 1. The molecule has 0 fully saturated rings. The smallest absolute Gasteiger partial charge is 0.271 e. The number of amides is 1. The molecule has 0 radical (unpaired) electrons. The van der Waals surface area contributed by atoms with Gasteiger partial charge < -0.3 is 10.1 Å². The van der Waals surface area contributed by atoms with Gasteiger partial charge in [0.15, 0.2) is 0 Å². The fourth-order valence-electron chi connectivity index (χ4n) is 2.10. The Kier molecular flexibility index (Phi) is 6.26. The van der Waals surface area contributed by atoms with Crippen molar-refractivity contribution in [2.45, 2.75) is 11.3 Å². The van der Waals surface area contributed by atoms with Crippen LogP contribution in [0, 0.1) is 10.1 Å². The Labute approximate surface area is 150 Å². The van der Waals surface area contributed by atoms with E-state index in [0.29, 0.717) is 0 Å². The molecule has 0 aliphatic rings. The summed E-state index contributed by atoms with van der Waals surface area (Å²) in [5.41, 5.74) is -0.0662. The Morgan fingerprint density at radius 1 is 1.19 bits per heavy atom. The minimum absolute atomic E-state index is 0.0979. The van der Waals surface area contributed by atoms with Crippen LogP contribution in [-0.2, 0) is 14.8 Å². The van der Waals surface area contributed by atoms with Crippen LogP contribution < -0.4 is 14.8 Å². The van der Waals surface area contributed by atoms with Crippen LogP contribution >= 0.6 is 0 Å². The number of hydrogen-bond acceptors (Lipinski definition) is 6. The Morgan fingerprint density at radius 2 is 1.88 bits per heavy atom. The summed E-state index contributed by atoms with van der Waals surface area (Å²) in [5, 5.41) is 13.3. The summed E-state index contributed by atoms with van der Waals surface area (Å²) in [5.74, 6) is -0.256. The number of rotatable bonds is 8. The van der Waals surface area contributed by atoms with Crippen LogP contribution in [0.5, 0.6) is 5.75 Å². The third-order valence-electron chi connectivity index (χ3n) is 3.37. The minimum Gasteiger partial charge on any atom is -0.495 e. The van der Waals surface area contributed by atoms with Crippen LogP contribution in [0.2, 0.25) is 0 Å². The standard InChI is InChI=1S/C16H17N3O6S/c1-25-15-8-7-12(19(21)22)11-14(15)18-16(20)9-10-17-26(23,24)13-5-3-2-4-6-13/h2-8,11,17H,9-10H2,1H3,(H,18,20). The molecule has 0 atom stereocenters. The van der Waals surface area contributed by atoms with E-state index < -0.39 is 20.9 Å². The van der Waals surface area contributed by atoms with Crippen LogP contribution in [0.25, 0.3) is 0 Å². The molecule has 10 heteroatoms. The van der Waals surface area contributed by atoms with Crippen LogP contribution in [0.4, 0.5) is 11.4 Å². The van der Waals surface area contributed by atoms with E-state index in [-0.39, 0.29) is 35.0 Å². The summed E-state index contributed by atoms with van der Waals surface area (Å²) < 4.78 is 31.5. The van der Waals surface area contributed by atoms with Gasteiger partial charge in [0.2, 0.25) is 15.9 Å². The molecule has 0 saturated carbocycles. The highest BCUT2D eigenvalue weighted by molar-refractivity contribution is 7.89. The van der Waals surface area contributed by atoms with Crippen LogP contribution in [0.1, 0.15) is 6.42 Å². The molecule has 0 heterocycles. The summed E-state index contributed by atoms with van der Waals surface area (Å²) in [6.45, 7) is -0.125. The third kappa shape index (κ3) is 5.01. The van der Waals surface area contributed by atoms with Crippen molar-refractivity contribution in [1.82, 2.24) is 4.72 Å². The van der Waals surface area contributed by atoms with E-state index in [1.807, 2.05) is 0 Å². The highest BCUT2D eigenvalue weighted by Gasteiger charge is 2.16. The Balaban J connectivity index is 1.97. The Morgan fingerprint density at radius 3 is 2.50 bits per heavy atom. The molecule has 0 saturated heterocycles. The zero-order valence-corrected chi connectivity index (χ0v) is 14.7. The summed E-state index contributed by atoms with van der Waals surface area (Å²) in [6.07, 6.45) is -0.155. The number of methoxy groups -OCH3 is 1. The fourth-order valence-corrected chi connectivity index (χ4v) is 3.15. The number of nitrogens with one attached hydrogen (secondary N) is 2. The fraction of sp³-hybridized carbons (Fsp3) is 0.188. The first-order chi connectivity index (χ1) is 12.3. The van der Waals surface area contributed by atoms with Crippen molar-refractivity contribution in [3.63, 3.8) is 0 Å². The van der Waals surface area contributed by atoms with Gasteiger partial charge in [0.05, 0.1) is 22.6 Å². The molecule has 26 heavy (non-hydrogen) atoms. The molecular weight excluding hydrogens is 362 g/mol. The highest BCUT2D eigenvalue weighted by atomic mass is 32.2. The summed E-state index contributed by atoms with van der Waals surface area (Å²) >= 11 is 0. The maximum Gasteiger partial charge on any atom is 0.271 e. The molecule has 2 rings (SSSR count). The van der Waals surface area contributed by atoms with Gasteiger partial charge in [0.1, 0.15) is 5.75 Å². The number of sulfonamides is 1. The zero-order valence-electron chi connectivity index (χ0n) is 13.8. The van der Waals surface area contributed by atoms with Crippen molar-refractivity contribution in [3.05, 3.63) is 58.6 Å². The van der Waals surface area contributed by atoms with Gasteiger partial charge in [-0.2, -0.15) is 0 Å². The average Bonchev–Trinajstić information content (AvgIpc) is 2.62. The predicted molar refractivity (Wildman–Crippen MR) is 94.5 cm³/mol. The van der Waals surface area contributed by atoms with Crippen LogP contribution in [0.15, 0.2) is 53.4 Å². The number of nitro groups is 1. The Bertz CT molecular complexity index is 899. The lowest BCUT2D eigenvalue weighted by atomic mass is 10.2. The van der Waals surface area contributed by atoms with Crippen molar-refractivity contribution >= 4 is 27.3 Å². The number of non-ortho nitro benzene ring substituents is 1. The van der Waals surface area contributed by atoms with Crippen molar-refractivity contribution in [2.75, 3.05) is 19.0 Å². The van der Waals surface area contributed by atoms with Gasteiger partial charge in [0, 0.05) is 25.1 Å². The van der Waals surface area contributed by atoms with Crippen LogP contribution in [0.3, 0.4) is 0 Å². The maximum atomic E-state index is 12.1. The number of anilines is 1. The predicted octanol–water partition coefficient (Wildman–Crippen LogP) is 1.91. The molecule has 0 aromatic heterocycles. The van der Waals surface area contributed by atoms with Crippen molar-refractivity contribution < 1.29 is 22.9 Å². The van der Waals surface area contributed by atoms with Gasteiger partial charge in [-0.1, -0.05) is 18.2 Å². The van der Waals surface area contributed by atoms with Crippen molar-refractivity contribution in [1.29, 1.82) is 0 Å². The highest BCUT2D eigenvalue weighted by Crippen LogP contribution is 2.28. The van der Waals surface area contributed by atoms with E-state index in [2.05, 4.69) is 10.0 Å². The van der Waals surface area contributed by atoms with Crippen molar-refractivity contribution in [2.24, 2.45) is 0 Å². The van der Waals surface area contributed by atoms with Gasteiger partial charge in [-0.25, -0.2) is 13.1 Å². The molecule has 9 nitrogen and oxygen atoms in total. The van der Waals surface area contributed by atoms with Crippen LogP contribution in [-0.4, -0.2) is 32.9 Å². The first-order valence-electron chi connectivity index (χ1n) is 7.50. The lowest BCUT2D eigenvalue weighted by molar-refractivity contribution is -0.384. The molecule has 2 aromatic rings. The second-order valence-corrected chi connectivity index (χ2v) is 6.92. The van der Waals surface area contributed by atoms with Gasteiger partial charge in [-0.15, -0.1) is 0 Å². The molecule has 2 aromatic carbocycles. The van der Waals surface area contributed by atoms with Gasteiger partial charge in [0.25, 0.3) is 5.69 Å². The van der Waals surface area contributed by atoms with E-state index in [1.165, 1.54) is 37.4 Å². The molecule has 2 N–H and O–H groups in total. The number of nitro benzene ring substituents is 1. The molecule has 0 aliphatic heterocycles. The number of benzene rings is 2. The van der Waals surface area contributed by atoms with Gasteiger partial charge in [-0.3, -0.25) is 14.9 Å².